The van der Waals surface area contributed by atoms with Crippen LogP contribution in [-0.4, -0.2) is 9.97 Å². The summed E-state index contributed by atoms with van der Waals surface area (Å²) in [6, 6.07) is 13.6. The third-order valence-corrected chi connectivity index (χ3v) is 5.66. The average molecular weight is 477 g/mol. The fourth-order valence-corrected chi connectivity index (χ4v) is 3.67. The first-order valence-corrected chi connectivity index (χ1v) is 10.6. The molecule has 0 saturated carbocycles. The number of hydrogen-bond donors (Lipinski definition) is 1. The van der Waals surface area contributed by atoms with Gasteiger partial charge in [0.2, 0.25) is 0 Å². The summed E-state index contributed by atoms with van der Waals surface area (Å²) < 4.78 is 59.4. The fraction of sp³-hybridized carbons (Fsp3) is 0.240. The van der Waals surface area contributed by atoms with Crippen molar-refractivity contribution in [3.05, 3.63) is 82.1 Å². The Morgan fingerprint density at radius 3 is 2.45 bits per heavy atom. The van der Waals surface area contributed by atoms with Crippen LogP contribution in [0.5, 0.6) is 5.75 Å². The first-order chi connectivity index (χ1) is 15.4. The second-order valence-corrected chi connectivity index (χ2v) is 9.17. The Bertz CT molecular complexity index is 1320. The summed E-state index contributed by atoms with van der Waals surface area (Å²) in [5.41, 5.74) is 1.73. The predicted molar refractivity (Wildman–Crippen MR) is 121 cm³/mol. The topological polar surface area (TPSA) is 37.9 Å². The summed E-state index contributed by atoms with van der Waals surface area (Å²) >= 11 is 6.20. The van der Waals surface area contributed by atoms with Crippen molar-refractivity contribution in [1.29, 1.82) is 0 Å². The molecule has 4 rings (SSSR count). The number of benzene rings is 3. The van der Waals surface area contributed by atoms with Crippen LogP contribution in [0, 0.1) is 5.82 Å². The number of aromatic nitrogens is 2. The van der Waals surface area contributed by atoms with Crippen LogP contribution >= 0.6 is 11.6 Å². The van der Waals surface area contributed by atoms with Gasteiger partial charge in [-0.2, -0.15) is 13.2 Å². The van der Waals surface area contributed by atoms with Crippen molar-refractivity contribution < 1.29 is 22.3 Å². The van der Waals surface area contributed by atoms with E-state index in [9.17, 15) is 17.6 Å². The maximum atomic E-state index is 14.1. The van der Waals surface area contributed by atoms with Gasteiger partial charge in [0.15, 0.2) is 0 Å². The maximum Gasteiger partial charge on any atom is 0.416 e. The van der Waals surface area contributed by atoms with Crippen molar-refractivity contribution in [2.75, 3.05) is 0 Å². The van der Waals surface area contributed by atoms with Crippen molar-refractivity contribution in [2.24, 2.45) is 0 Å². The Kier molecular flexibility index (Phi) is 5.86. The SMILES string of the molecule is CC(C)(C)c1ccc2nc(-c3ccc(Cl)c(OCc4c(F)cccc4C(F)(F)F)c3)[nH]c2c1. The molecule has 0 atom stereocenters. The van der Waals surface area contributed by atoms with E-state index in [0.717, 1.165) is 34.8 Å². The molecule has 1 aromatic heterocycles. The normalized spacial score (nSPS) is 12.4. The number of aromatic amines is 1. The lowest BCUT2D eigenvalue weighted by atomic mass is 9.87. The number of ether oxygens (including phenoxy) is 1. The van der Waals surface area contributed by atoms with Gasteiger partial charge < -0.3 is 9.72 Å². The van der Waals surface area contributed by atoms with E-state index in [2.05, 4.69) is 30.7 Å². The van der Waals surface area contributed by atoms with E-state index < -0.39 is 29.7 Å². The van der Waals surface area contributed by atoms with Crippen LogP contribution in [0.4, 0.5) is 17.6 Å². The zero-order valence-electron chi connectivity index (χ0n) is 18.1. The van der Waals surface area contributed by atoms with Crippen LogP contribution in [0.2, 0.25) is 5.02 Å². The molecule has 3 nitrogen and oxygen atoms in total. The zero-order valence-corrected chi connectivity index (χ0v) is 18.9. The number of halogens is 5. The van der Waals surface area contributed by atoms with Gasteiger partial charge in [0.25, 0.3) is 0 Å². The molecule has 0 bridgehead atoms. The lowest BCUT2D eigenvalue weighted by Crippen LogP contribution is -2.12. The molecule has 0 amide bonds. The van der Waals surface area contributed by atoms with Gasteiger partial charge in [-0.05, 0) is 53.4 Å². The Morgan fingerprint density at radius 1 is 1.00 bits per heavy atom. The van der Waals surface area contributed by atoms with Crippen molar-refractivity contribution in [3.8, 4) is 17.1 Å². The maximum absolute atomic E-state index is 14.1. The van der Waals surface area contributed by atoms with Gasteiger partial charge >= 0.3 is 6.18 Å². The number of rotatable bonds is 4. The van der Waals surface area contributed by atoms with Crippen LogP contribution < -0.4 is 4.74 Å². The summed E-state index contributed by atoms with van der Waals surface area (Å²) in [6.07, 6.45) is -4.70. The number of hydrogen-bond acceptors (Lipinski definition) is 2. The van der Waals surface area contributed by atoms with Gasteiger partial charge in [0.05, 0.1) is 21.6 Å². The highest BCUT2D eigenvalue weighted by Crippen LogP contribution is 2.35. The number of alkyl halides is 3. The summed E-state index contributed by atoms with van der Waals surface area (Å²) in [7, 11) is 0. The summed E-state index contributed by atoms with van der Waals surface area (Å²) in [5.74, 6) is -0.315. The second-order valence-electron chi connectivity index (χ2n) is 8.76. The second kappa shape index (κ2) is 8.37. The molecule has 0 saturated heterocycles. The first kappa shape index (κ1) is 23.1. The lowest BCUT2D eigenvalue weighted by Gasteiger charge is -2.18. The minimum Gasteiger partial charge on any atom is -0.487 e. The van der Waals surface area contributed by atoms with Crippen molar-refractivity contribution >= 4 is 22.6 Å². The van der Waals surface area contributed by atoms with Gasteiger partial charge in [-0.3, -0.25) is 0 Å². The van der Waals surface area contributed by atoms with Crippen LogP contribution in [0.1, 0.15) is 37.5 Å². The molecule has 172 valence electrons. The van der Waals surface area contributed by atoms with Gasteiger partial charge in [0.1, 0.15) is 24.0 Å². The van der Waals surface area contributed by atoms with Crippen molar-refractivity contribution in [3.63, 3.8) is 0 Å². The molecule has 1 N–H and O–H groups in total. The van der Waals surface area contributed by atoms with Crippen LogP contribution in [0.15, 0.2) is 54.6 Å². The molecular weight excluding hydrogens is 456 g/mol. The van der Waals surface area contributed by atoms with Crippen molar-refractivity contribution in [2.45, 2.75) is 39.0 Å². The predicted octanol–water partition coefficient (Wildman–Crippen LogP) is 7.92. The monoisotopic (exact) mass is 476 g/mol. The van der Waals surface area contributed by atoms with Gasteiger partial charge in [-0.1, -0.05) is 44.5 Å². The Morgan fingerprint density at radius 2 is 1.76 bits per heavy atom. The molecule has 0 fully saturated rings. The highest BCUT2D eigenvalue weighted by Gasteiger charge is 2.34. The van der Waals surface area contributed by atoms with E-state index in [1.165, 1.54) is 0 Å². The molecule has 3 aromatic carbocycles. The third kappa shape index (κ3) is 4.83. The average Bonchev–Trinajstić information content (AvgIpc) is 3.16. The highest BCUT2D eigenvalue weighted by atomic mass is 35.5. The van der Waals surface area contributed by atoms with Crippen LogP contribution in [0.3, 0.4) is 0 Å². The number of nitrogens with one attached hydrogen (secondary N) is 1. The van der Waals surface area contributed by atoms with E-state index in [0.29, 0.717) is 11.4 Å². The molecule has 33 heavy (non-hydrogen) atoms. The van der Waals surface area contributed by atoms with Gasteiger partial charge in [-0.25, -0.2) is 9.37 Å². The Labute approximate surface area is 193 Å². The molecular formula is C25H21ClF4N2O. The number of imidazole rings is 1. The first-order valence-electron chi connectivity index (χ1n) is 10.2. The molecule has 0 aliphatic carbocycles. The molecule has 0 aliphatic heterocycles. The molecule has 1 heterocycles. The molecule has 0 unspecified atom stereocenters. The summed E-state index contributed by atoms with van der Waals surface area (Å²) in [4.78, 5) is 7.86. The molecule has 0 radical (unpaired) electrons. The van der Waals surface area contributed by atoms with E-state index >= 15 is 0 Å². The van der Waals surface area contributed by atoms with E-state index in [1.54, 1.807) is 18.2 Å². The third-order valence-electron chi connectivity index (χ3n) is 5.35. The van der Waals surface area contributed by atoms with Crippen LogP contribution in [-0.2, 0) is 18.2 Å². The minimum atomic E-state index is -4.70. The molecule has 0 aliphatic rings. The van der Waals surface area contributed by atoms with E-state index in [-0.39, 0.29) is 16.2 Å². The van der Waals surface area contributed by atoms with Gasteiger partial charge in [-0.15, -0.1) is 0 Å². The zero-order chi connectivity index (χ0) is 24.0. The fourth-order valence-electron chi connectivity index (χ4n) is 3.49. The Balaban J connectivity index is 1.65. The summed E-state index contributed by atoms with van der Waals surface area (Å²) in [5, 5.41) is 0.190. The van der Waals surface area contributed by atoms with Crippen molar-refractivity contribution in [1.82, 2.24) is 9.97 Å². The smallest absolute Gasteiger partial charge is 0.416 e. The van der Waals surface area contributed by atoms with E-state index in [4.69, 9.17) is 16.3 Å². The molecule has 0 spiro atoms. The quantitative estimate of drug-likeness (QED) is 0.304. The number of nitrogens with zero attached hydrogens (tertiary/aromatic N) is 1. The highest BCUT2D eigenvalue weighted by molar-refractivity contribution is 6.32. The standard InChI is InChI=1S/C25H21ClF4N2O/c1-24(2,3)15-8-10-20-21(12-15)32-23(31-20)14-7-9-18(26)22(11-14)33-13-16-17(25(28,29)30)5-4-6-19(16)27/h4-12H,13H2,1-3H3,(H,31,32). The minimum absolute atomic E-state index is 0.0251. The number of fused-ring (bicyclic) bond motifs is 1. The van der Waals surface area contributed by atoms with Crippen LogP contribution in [0.25, 0.3) is 22.4 Å². The summed E-state index contributed by atoms with van der Waals surface area (Å²) in [6.45, 7) is 5.73. The Hall–Kier alpha value is -3.06. The van der Waals surface area contributed by atoms with E-state index in [1.807, 2.05) is 18.2 Å². The molecule has 4 aromatic rings. The lowest BCUT2D eigenvalue weighted by molar-refractivity contribution is -0.138. The number of H-pyrrole nitrogens is 1. The molecule has 8 heteroatoms. The van der Waals surface area contributed by atoms with Gasteiger partial charge in [0, 0.05) is 11.1 Å². The largest absolute Gasteiger partial charge is 0.487 e.